The molecule has 1 aliphatic heterocycles. The summed E-state index contributed by atoms with van der Waals surface area (Å²) in [7, 11) is -1.97. The summed E-state index contributed by atoms with van der Waals surface area (Å²) in [6.45, 7) is 4.60. The van der Waals surface area contributed by atoms with Gasteiger partial charge in [0.2, 0.25) is 15.9 Å². The van der Waals surface area contributed by atoms with Gasteiger partial charge in [0.25, 0.3) is 0 Å². The van der Waals surface area contributed by atoms with E-state index in [-0.39, 0.29) is 10.8 Å². The zero-order chi connectivity index (χ0) is 25.5. The molecule has 0 aromatic heterocycles. The van der Waals surface area contributed by atoms with Crippen molar-refractivity contribution in [3.05, 3.63) is 83.9 Å². The maximum atomic E-state index is 13.1. The Morgan fingerprint density at radius 1 is 0.889 bits per heavy atom. The highest BCUT2D eigenvalue weighted by Gasteiger charge is 2.28. The van der Waals surface area contributed by atoms with Crippen molar-refractivity contribution in [2.24, 2.45) is 0 Å². The molecule has 1 amide bonds. The molecule has 190 valence electrons. The smallest absolute Gasteiger partial charge is 0.243 e. The van der Waals surface area contributed by atoms with E-state index in [0.29, 0.717) is 56.5 Å². The molecule has 9 heteroatoms. The molecule has 36 heavy (non-hydrogen) atoms. The van der Waals surface area contributed by atoms with Gasteiger partial charge in [-0.3, -0.25) is 9.69 Å². The minimum atomic E-state index is -3.60. The molecule has 8 nitrogen and oxygen atoms in total. The van der Waals surface area contributed by atoms with Gasteiger partial charge < -0.3 is 14.8 Å². The normalized spacial score (nSPS) is 14.8. The van der Waals surface area contributed by atoms with Crippen LogP contribution in [0.3, 0.4) is 0 Å². The Morgan fingerprint density at radius 3 is 2.22 bits per heavy atom. The van der Waals surface area contributed by atoms with Crippen LogP contribution in [0.1, 0.15) is 18.1 Å². The Balaban J connectivity index is 1.35. The number of nitrogens with one attached hydrogen (secondary N) is 1. The molecular formula is C27H31N3O5S. The SMILES string of the molecule is COc1ccc(CN2CCN(S(=O)(=O)c3ccc(NC(C)=O)cc3)CC2)cc1OCc1ccccc1. The van der Waals surface area contributed by atoms with E-state index >= 15 is 0 Å². The van der Waals surface area contributed by atoms with Crippen molar-refractivity contribution in [3.63, 3.8) is 0 Å². The van der Waals surface area contributed by atoms with Crippen LogP contribution in [0.4, 0.5) is 5.69 Å². The Bertz CT molecular complexity index is 1270. The monoisotopic (exact) mass is 509 g/mol. The highest BCUT2D eigenvalue weighted by atomic mass is 32.2. The minimum Gasteiger partial charge on any atom is -0.493 e. The van der Waals surface area contributed by atoms with Gasteiger partial charge in [-0.05, 0) is 47.5 Å². The lowest BCUT2D eigenvalue weighted by molar-refractivity contribution is -0.114. The average Bonchev–Trinajstić information content (AvgIpc) is 2.88. The number of hydrogen-bond acceptors (Lipinski definition) is 6. The van der Waals surface area contributed by atoms with Crippen LogP contribution in [0, 0.1) is 0 Å². The lowest BCUT2D eigenvalue weighted by atomic mass is 10.1. The first-order chi connectivity index (χ1) is 17.3. The lowest BCUT2D eigenvalue weighted by Crippen LogP contribution is -2.48. The number of carbonyl (C=O) groups excluding carboxylic acids is 1. The number of hydrogen-bond donors (Lipinski definition) is 1. The number of sulfonamides is 1. The van der Waals surface area contributed by atoms with Crippen LogP contribution in [-0.2, 0) is 28.0 Å². The number of rotatable bonds is 9. The van der Waals surface area contributed by atoms with E-state index < -0.39 is 10.0 Å². The van der Waals surface area contributed by atoms with E-state index in [4.69, 9.17) is 9.47 Å². The van der Waals surface area contributed by atoms with E-state index in [0.717, 1.165) is 11.1 Å². The third kappa shape index (κ3) is 6.42. The molecule has 0 spiro atoms. The maximum Gasteiger partial charge on any atom is 0.243 e. The largest absolute Gasteiger partial charge is 0.493 e. The Hall–Kier alpha value is -3.40. The number of anilines is 1. The van der Waals surface area contributed by atoms with E-state index in [1.165, 1.54) is 23.4 Å². The highest BCUT2D eigenvalue weighted by molar-refractivity contribution is 7.89. The third-order valence-electron chi connectivity index (χ3n) is 6.02. The van der Waals surface area contributed by atoms with E-state index in [1.807, 2.05) is 48.5 Å². The number of ether oxygens (including phenoxy) is 2. The molecule has 3 aromatic carbocycles. The fourth-order valence-electron chi connectivity index (χ4n) is 4.12. The average molecular weight is 510 g/mol. The van der Waals surface area contributed by atoms with Crippen LogP contribution in [0.2, 0.25) is 0 Å². The molecule has 0 saturated carbocycles. The van der Waals surface area contributed by atoms with Crippen molar-refractivity contribution in [3.8, 4) is 11.5 Å². The number of piperazine rings is 1. The van der Waals surface area contributed by atoms with Crippen LogP contribution in [0.15, 0.2) is 77.7 Å². The van der Waals surface area contributed by atoms with Crippen LogP contribution >= 0.6 is 0 Å². The van der Waals surface area contributed by atoms with Gasteiger partial charge >= 0.3 is 0 Å². The van der Waals surface area contributed by atoms with Gasteiger partial charge in [0, 0.05) is 45.3 Å². The van der Waals surface area contributed by atoms with Crippen LogP contribution in [0.25, 0.3) is 0 Å². The Morgan fingerprint density at radius 2 is 1.58 bits per heavy atom. The number of amides is 1. The standard InChI is InChI=1S/C27H31N3O5S/c1-21(31)28-24-9-11-25(12-10-24)36(32,33)30-16-14-29(15-17-30)19-23-8-13-26(34-2)27(18-23)35-20-22-6-4-3-5-7-22/h3-13,18H,14-17,19-20H2,1-2H3,(H,28,31). The Kier molecular flexibility index (Phi) is 8.25. The van der Waals surface area contributed by atoms with Gasteiger partial charge in [0.05, 0.1) is 12.0 Å². The molecule has 1 heterocycles. The van der Waals surface area contributed by atoms with Crippen LogP contribution in [-0.4, -0.2) is 56.8 Å². The summed E-state index contributed by atoms with van der Waals surface area (Å²) in [6, 6.07) is 22.1. The van der Waals surface area contributed by atoms with Gasteiger partial charge in [-0.15, -0.1) is 0 Å². The molecular weight excluding hydrogens is 478 g/mol. The van der Waals surface area contributed by atoms with E-state index in [1.54, 1.807) is 19.2 Å². The fourth-order valence-corrected chi connectivity index (χ4v) is 5.54. The third-order valence-corrected chi connectivity index (χ3v) is 7.93. The van der Waals surface area contributed by atoms with Crippen molar-refractivity contribution < 1.29 is 22.7 Å². The summed E-state index contributed by atoms with van der Waals surface area (Å²) in [5.74, 6) is 1.16. The van der Waals surface area contributed by atoms with E-state index in [2.05, 4.69) is 10.2 Å². The molecule has 0 atom stereocenters. The molecule has 3 aromatic rings. The summed E-state index contributed by atoms with van der Waals surface area (Å²) in [4.78, 5) is 13.6. The van der Waals surface area contributed by atoms with Crippen LogP contribution in [0.5, 0.6) is 11.5 Å². The van der Waals surface area contributed by atoms with Crippen molar-refractivity contribution in [2.45, 2.75) is 25.0 Å². The Labute approximate surface area is 212 Å². The van der Waals surface area contributed by atoms with Gasteiger partial charge in [0.1, 0.15) is 6.61 Å². The predicted octanol–water partition coefficient (Wildman–Crippen LogP) is 3.74. The van der Waals surface area contributed by atoms with Crippen molar-refractivity contribution >= 4 is 21.6 Å². The first-order valence-electron chi connectivity index (χ1n) is 11.8. The summed E-state index contributed by atoms with van der Waals surface area (Å²) in [6.07, 6.45) is 0. The lowest BCUT2D eigenvalue weighted by Gasteiger charge is -2.34. The predicted molar refractivity (Wildman–Crippen MR) is 139 cm³/mol. The van der Waals surface area contributed by atoms with Gasteiger partial charge in [0.15, 0.2) is 11.5 Å². The highest BCUT2D eigenvalue weighted by Crippen LogP contribution is 2.30. The van der Waals surface area contributed by atoms with Crippen molar-refractivity contribution in [1.29, 1.82) is 0 Å². The molecule has 0 radical (unpaired) electrons. The summed E-state index contributed by atoms with van der Waals surface area (Å²) in [5, 5.41) is 2.65. The molecule has 1 N–H and O–H groups in total. The van der Waals surface area contributed by atoms with Gasteiger partial charge in [-0.1, -0.05) is 36.4 Å². The molecule has 0 unspecified atom stereocenters. The van der Waals surface area contributed by atoms with Gasteiger partial charge in [-0.2, -0.15) is 4.31 Å². The molecule has 4 rings (SSSR count). The fraction of sp³-hybridized carbons (Fsp3) is 0.296. The van der Waals surface area contributed by atoms with Crippen molar-refractivity contribution in [2.75, 3.05) is 38.6 Å². The second kappa shape index (κ2) is 11.6. The molecule has 0 aliphatic carbocycles. The molecule has 1 fully saturated rings. The molecule has 1 saturated heterocycles. The number of nitrogens with zero attached hydrogens (tertiary/aromatic N) is 2. The zero-order valence-electron chi connectivity index (χ0n) is 20.5. The summed E-state index contributed by atoms with van der Waals surface area (Å²) < 4.78 is 39.2. The zero-order valence-corrected chi connectivity index (χ0v) is 21.3. The second-order valence-corrected chi connectivity index (χ2v) is 10.6. The maximum absolute atomic E-state index is 13.1. The first kappa shape index (κ1) is 25.7. The number of carbonyl (C=O) groups is 1. The summed E-state index contributed by atoms with van der Waals surface area (Å²) in [5.41, 5.74) is 2.72. The first-order valence-corrected chi connectivity index (χ1v) is 13.2. The minimum absolute atomic E-state index is 0.200. The molecule has 0 bridgehead atoms. The summed E-state index contributed by atoms with van der Waals surface area (Å²) >= 11 is 0. The number of benzene rings is 3. The number of methoxy groups -OCH3 is 1. The van der Waals surface area contributed by atoms with Gasteiger partial charge in [-0.25, -0.2) is 8.42 Å². The van der Waals surface area contributed by atoms with Crippen LogP contribution < -0.4 is 14.8 Å². The molecule has 1 aliphatic rings. The second-order valence-electron chi connectivity index (χ2n) is 8.65. The van der Waals surface area contributed by atoms with Crippen molar-refractivity contribution in [1.82, 2.24) is 9.21 Å². The topological polar surface area (TPSA) is 88.2 Å². The quantitative estimate of drug-likeness (QED) is 0.473. The van der Waals surface area contributed by atoms with E-state index in [9.17, 15) is 13.2 Å².